The Kier molecular flexibility index (Phi) is 5.65. The second-order valence-corrected chi connectivity index (χ2v) is 7.70. The van der Waals surface area contributed by atoms with Gasteiger partial charge in [0, 0.05) is 29.1 Å². The standard InChI is InChI=1S/C19H28N2O3/c1-12(2)16(22)19(3,4)11-20-17(23)13-7-9-15(10-8-13)21-18(24)14-5-6-14/h7-10,12,14,16,22H,5-6,11H2,1-4H3,(H,20,23)(H,21,24). The number of carbonyl (C=O) groups is 2. The van der Waals surface area contributed by atoms with Crippen LogP contribution in [0.4, 0.5) is 5.69 Å². The summed E-state index contributed by atoms with van der Waals surface area (Å²) in [6.45, 7) is 8.19. The van der Waals surface area contributed by atoms with E-state index in [9.17, 15) is 14.7 Å². The zero-order valence-electron chi connectivity index (χ0n) is 14.9. The van der Waals surface area contributed by atoms with Gasteiger partial charge in [0.15, 0.2) is 0 Å². The van der Waals surface area contributed by atoms with Crippen molar-refractivity contribution in [2.24, 2.45) is 17.3 Å². The highest BCUT2D eigenvalue weighted by molar-refractivity contribution is 5.96. The van der Waals surface area contributed by atoms with E-state index in [2.05, 4.69) is 10.6 Å². The first-order chi connectivity index (χ1) is 11.2. The lowest BCUT2D eigenvalue weighted by Gasteiger charge is -2.33. The van der Waals surface area contributed by atoms with Crippen LogP contribution in [0.15, 0.2) is 24.3 Å². The summed E-state index contributed by atoms with van der Waals surface area (Å²) < 4.78 is 0. The van der Waals surface area contributed by atoms with Crippen molar-refractivity contribution in [3.63, 3.8) is 0 Å². The number of nitrogens with one attached hydrogen (secondary N) is 2. The van der Waals surface area contributed by atoms with Crippen LogP contribution in [-0.4, -0.2) is 29.6 Å². The maximum atomic E-state index is 12.3. The Labute approximate surface area is 143 Å². The number of aliphatic hydroxyl groups is 1. The number of aliphatic hydroxyl groups excluding tert-OH is 1. The maximum Gasteiger partial charge on any atom is 0.251 e. The molecular weight excluding hydrogens is 304 g/mol. The van der Waals surface area contributed by atoms with Crippen molar-refractivity contribution < 1.29 is 14.7 Å². The summed E-state index contributed by atoms with van der Waals surface area (Å²) in [6, 6.07) is 6.88. The quantitative estimate of drug-likeness (QED) is 0.718. The van der Waals surface area contributed by atoms with E-state index in [1.54, 1.807) is 24.3 Å². The summed E-state index contributed by atoms with van der Waals surface area (Å²) in [5.74, 6) is 0.157. The monoisotopic (exact) mass is 332 g/mol. The number of rotatable bonds is 7. The minimum atomic E-state index is -0.488. The van der Waals surface area contributed by atoms with Gasteiger partial charge in [-0.3, -0.25) is 9.59 Å². The van der Waals surface area contributed by atoms with E-state index in [0.717, 1.165) is 12.8 Å². The molecule has 0 aromatic heterocycles. The molecule has 1 aliphatic rings. The molecule has 132 valence electrons. The second-order valence-electron chi connectivity index (χ2n) is 7.70. The predicted octanol–water partition coefficient (Wildman–Crippen LogP) is 2.81. The molecule has 0 aliphatic heterocycles. The summed E-state index contributed by atoms with van der Waals surface area (Å²) in [5, 5.41) is 15.9. The smallest absolute Gasteiger partial charge is 0.251 e. The van der Waals surface area contributed by atoms with E-state index in [4.69, 9.17) is 0 Å². The zero-order chi connectivity index (χ0) is 17.9. The van der Waals surface area contributed by atoms with Crippen LogP contribution in [-0.2, 0) is 4.79 Å². The van der Waals surface area contributed by atoms with Crippen molar-refractivity contribution in [3.8, 4) is 0 Å². The second kappa shape index (κ2) is 7.34. The highest BCUT2D eigenvalue weighted by Crippen LogP contribution is 2.30. The Hall–Kier alpha value is -1.88. The van der Waals surface area contributed by atoms with Crippen molar-refractivity contribution in [3.05, 3.63) is 29.8 Å². The Morgan fingerprint density at radius 3 is 2.29 bits per heavy atom. The third-order valence-corrected chi connectivity index (χ3v) is 4.50. The van der Waals surface area contributed by atoms with E-state index in [1.165, 1.54) is 0 Å². The summed E-state index contributed by atoms with van der Waals surface area (Å²) >= 11 is 0. The van der Waals surface area contributed by atoms with Gasteiger partial charge in [-0.1, -0.05) is 27.7 Å². The number of amides is 2. The SMILES string of the molecule is CC(C)C(O)C(C)(C)CNC(=O)c1ccc(NC(=O)C2CC2)cc1. The van der Waals surface area contributed by atoms with Gasteiger partial charge in [-0.2, -0.15) is 0 Å². The summed E-state index contributed by atoms with van der Waals surface area (Å²) in [5.41, 5.74) is 0.843. The highest BCUT2D eigenvalue weighted by atomic mass is 16.3. The molecule has 1 aromatic rings. The number of hydrogen-bond donors (Lipinski definition) is 3. The van der Waals surface area contributed by atoms with Crippen LogP contribution in [0, 0.1) is 17.3 Å². The molecule has 1 saturated carbocycles. The Balaban J connectivity index is 1.89. The molecule has 1 fully saturated rings. The van der Waals surface area contributed by atoms with Gasteiger partial charge in [0.05, 0.1) is 6.10 Å². The molecule has 3 N–H and O–H groups in total. The van der Waals surface area contributed by atoms with Gasteiger partial charge in [0.2, 0.25) is 5.91 Å². The molecule has 1 atom stereocenters. The van der Waals surface area contributed by atoms with Gasteiger partial charge in [0.1, 0.15) is 0 Å². The Bertz CT molecular complexity index is 589. The first-order valence-corrected chi connectivity index (χ1v) is 8.58. The zero-order valence-corrected chi connectivity index (χ0v) is 14.9. The van der Waals surface area contributed by atoms with Crippen molar-refractivity contribution in [2.75, 3.05) is 11.9 Å². The average Bonchev–Trinajstić information content (AvgIpc) is 3.37. The highest BCUT2D eigenvalue weighted by Gasteiger charge is 2.31. The van der Waals surface area contributed by atoms with Crippen molar-refractivity contribution in [1.82, 2.24) is 5.32 Å². The third kappa shape index (κ3) is 4.81. The number of hydrogen-bond acceptors (Lipinski definition) is 3. The van der Waals surface area contributed by atoms with E-state index < -0.39 is 11.5 Å². The molecule has 2 amide bonds. The molecule has 24 heavy (non-hydrogen) atoms. The van der Waals surface area contributed by atoms with Gasteiger partial charge in [-0.15, -0.1) is 0 Å². The molecule has 1 aromatic carbocycles. The normalized spacial score (nSPS) is 15.9. The minimum absolute atomic E-state index is 0.0524. The van der Waals surface area contributed by atoms with Crippen LogP contribution in [0.5, 0.6) is 0 Å². The fourth-order valence-electron chi connectivity index (χ4n) is 2.71. The van der Waals surface area contributed by atoms with E-state index in [1.807, 2.05) is 27.7 Å². The summed E-state index contributed by atoms with van der Waals surface area (Å²) in [7, 11) is 0. The lowest BCUT2D eigenvalue weighted by atomic mass is 9.80. The molecule has 0 heterocycles. The molecule has 0 spiro atoms. The van der Waals surface area contributed by atoms with Crippen molar-refractivity contribution in [2.45, 2.75) is 46.6 Å². The van der Waals surface area contributed by atoms with Crippen molar-refractivity contribution >= 4 is 17.5 Å². The first kappa shape index (κ1) is 18.5. The van der Waals surface area contributed by atoms with E-state index >= 15 is 0 Å². The van der Waals surface area contributed by atoms with Gasteiger partial charge >= 0.3 is 0 Å². The molecule has 5 heteroatoms. The first-order valence-electron chi connectivity index (χ1n) is 8.58. The molecule has 0 bridgehead atoms. The molecule has 5 nitrogen and oxygen atoms in total. The van der Waals surface area contributed by atoms with Gasteiger partial charge in [0.25, 0.3) is 5.91 Å². The fourth-order valence-corrected chi connectivity index (χ4v) is 2.71. The molecular formula is C19H28N2O3. The molecule has 0 radical (unpaired) electrons. The Morgan fingerprint density at radius 2 is 1.79 bits per heavy atom. The average molecular weight is 332 g/mol. The lowest BCUT2D eigenvalue weighted by molar-refractivity contribution is -0.117. The van der Waals surface area contributed by atoms with E-state index in [0.29, 0.717) is 17.8 Å². The Morgan fingerprint density at radius 1 is 1.21 bits per heavy atom. The molecule has 1 unspecified atom stereocenters. The maximum absolute atomic E-state index is 12.3. The number of carbonyl (C=O) groups excluding carboxylic acids is 2. The van der Waals surface area contributed by atoms with Crippen LogP contribution < -0.4 is 10.6 Å². The molecule has 2 rings (SSSR count). The van der Waals surface area contributed by atoms with E-state index in [-0.39, 0.29) is 23.7 Å². The predicted molar refractivity (Wildman–Crippen MR) is 94.8 cm³/mol. The van der Waals surface area contributed by atoms with Gasteiger partial charge in [-0.25, -0.2) is 0 Å². The lowest BCUT2D eigenvalue weighted by Crippen LogP contribution is -2.43. The number of anilines is 1. The van der Waals surface area contributed by atoms with Crippen LogP contribution in [0.1, 0.15) is 50.9 Å². The van der Waals surface area contributed by atoms with Crippen LogP contribution in [0.25, 0.3) is 0 Å². The molecule has 0 saturated heterocycles. The van der Waals surface area contributed by atoms with Gasteiger partial charge < -0.3 is 15.7 Å². The topological polar surface area (TPSA) is 78.4 Å². The van der Waals surface area contributed by atoms with Crippen LogP contribution >= 0.6 is 0 Å². The van der Waals surface area contributed by atoms with Crippen molar-refractivity contribution in [1.29, 1.82) is 0 Å². The summed E-state index contributed by atoms with van der Waals surface area (Å²) in [4.78, 5) is 24.0. The third-order valence-electron chi connectivity index (χ3n) is 4.50. The molecule has 1 aliphatic carbocycles. The van der Waals surface area contributed by atoms with Gasteiger partial charge in [-0.05, 0) is 43.0 Å². The fraction of sp³-hybridized carbons (Fsp3) is 0.579. The minimum Gasteiger partial charge on any atom is -0.392 e. The summed E-state index contributed by atoms with van der Waals surface area (Å²) in [6.07, 6.45) is 1.44. The number of benzene rings is 1. The van der Waals surface area contributed by atoms with Crippen LogP contribution in [0.3, 0.4) is 0 Å². The largest absolute Gasteiger partial charge is 0.392 e. The van der Waals surface area contributed by atoms with Crippen LogP contribution in [0.2, 0.25) is 0 Å².